The van der Waals surface area contributed by atoms with Gasteiger partial charge in [-0.1, -0.05) is 12.1 Å². The maximum atomic E-state index is 11.2. The lowest BCUT2D eigenvalue weighted by molar-refractivity contribution is -0.384. The van der Waals surface area contributed by atoms with Crippen LogP contribution < -0.4 is 0 Å². The number of para-hydroxylation sites is 2. The maximum absolute atomic E-state index is 11.2. The molecule has 92 valence electrons. The fraction of sp³-hybridized carbons (Fsp3) is 0.0909. The van der Waals surface area contributed by atoms with Crippen LogP contribution in [0.15, 0.2) is 36.5 Å². The van der Waals surface area contributed by atoms with E-state index in [0.29, 0.717) is 0 Å². The fourth-order valence-corrected chi connectivity index (χ4v) is 1.48. The molecule has 2 rings (SSSR count). The van der Waals surface area contributed by atoms with Crippen LogP contribution in [0.4, 0.5) is 5.69 Å². The van der Waals surface area contributed by atoms with Gasteiger partial charge in [-0.05, 0) is 12.1 Å². The Balaban J connectivity index is 2.46. The van der Waals surface area contributed by atoms with Gasteiger partial charge in [0.25, 0.3) is 5.69 Å². The molecule has 0 aliphatic carbocycles. The summed E-state index contributed by atoms with van der Waals surface area (Å²) in [5, 5.41) is 14.8. The van der Waals surface area contributed by atoms with Crippen molar-refractivity contribution < 1.29 is 14.5 Å². The van der Waals surface area contributed by atoms with Crippen molar-refractivity contribution in [2.24, 2.45) is 0 Å². The summed E-state index contributed by atoms with van der Waals surface area (Å²) in [6.07, 6.45) is 1.47. The molecule has 0 N–H and O–H groups in total. The van der Waals surface area contributed by atoms with Crippen LogP contribution >= 0.6 is 0 Å². The van der Waals surface area contributed by atoms with E-state index in [4.69, 9.17) is 0 Å². The zero-order chi connectivity index (χ0) is 13.1. The highest BCUT2D eigenvalue weighted by Crippen LogP contribution is 2.21. The molecule has 2 aromatic rings. The summed E-state index contributed by atoms with van der Waals surface area (Å²) in [5.74, 6) is -0.590. The summed E-state index contributed by atoms with van der Waals surface area (Å²) in [5.41, 5.74) is 0.297. The summed E-state index contributed by atoms with van der Waals surface area (Å²) < 4.78 is 5.78. The topological polar surface area (TPSA) is 87.3 Å². The number of nitro groups is 1. The Kier molecular flexibility index (Phi) is 3.05. The summed E-state index contributed by atoms with van der Waals surface area (Å²) in [6.45, 7) is 0. The molecule has 7 nitrogen and oxygen atoms in total. The van der Waals surface area contributed by atoms with Crippen LogP contribution in [-0.2, 0) is 4.74 Å². The Morgan fingerprint density at radius 3 is 2.78 bits per heavy atom. The number of nitrogens with zero attached hydrogens (tertiary/aromatic N) is 3. The minimum absolute atomic E-state index is 0.0861. The quantitative estimate of drug-likeness (QED) is 0.466. The van der Waals surface area contributed by atoms with E-state index in [9.17, 15) is 14.9 Å². The number of nitro benzene ring substituents is 1. The zero-order valence-corrected chi connectivity index (χ0v) is 9.44. The second-order valence-corrected chi connectivity index (χ2v) is 3.38. The summed E-state index contributed by atoms with van der Waals surface area (Å²) in [7, 11) is 1.24. The molecule has 0 fully saturated rings. The van der Waals surface area contributed by atoms with E-state index in [1.807, 2.05) is 0 Å². The van der Waals surface area contributed by atoms with Crippen LogP contribution in [-0.4, -0.2) is 27.8 Å². The monoisotopic (exact) mass is 247 g/mol. The minimum atomic E-state index is -0.590. The lowest BCUT2D eigenvalue weighted by Gasteiger charge is -2.01. The first kappa shape index (κ1) is 11.8. The van der Waals surface area contributed by atoms with Gasteiger partial charge in [-0.2, -0.15) is 5.10 Å². The number of rotatable bonds is 3. The van der Waals surface area contributed by atoms with Crippen molar-refractivity contribution in [1.82, 2.24) is 9.78 Å². The zero-order valence-electron chi connectivity index (χ0n) is 9.44. The third-order valence-electron chi connectivity index (χ3n) is 2.31. The Labute approximate surface area is 102 Å². The van der Waals surface area contributed by atoms with Crippen molar-refractivity contribution in [3.05, 3.63) is 52.3 Å². The van der Waals surface area contributed by atoms with Crippen LogP contribution in [0.3, 0.4) is 0 Å². The molecular weight excluding hydrogens is 238 g/mol. The largest absolute Gasteiger partial charge is 0.464 e. The van der Waals surface area contributed by atoms with Crippen LogP contribution in [0.25, 0.3) is 5.69 Å². The van der Waals surface area contributed by atoms with Gasteiger partial charge in [0.05, 0.1) is 12.0 Å². The number of benzene rings is 1. The van der Waals surface area contributed by atoms with Gasteiger partial charge in [-0.25, -0.2) is 9.48 Å². The van der Waals surface area contributed by atoms with E-state index in [1.54, 1.807) is 18.2 Å². The number of methoxy groups -OCH3 is 1. The molecule has 0 radical (unpaired) electrons. The van der Waals surface area contributed by atoms with E-state index in [0.717, 1.165) is 0 Å². The van der Waals surface area contributed by atoms with Gasteiger partial charge in [0.15, 0.2) is 5.69 Å². The van der Waals surface area contributed by atoms with Gasteiger partial charge in [-0.3, -0.25) is 10.1 Å². The summed E-state index contributed by atoms with van der Waals surface area (Å²) in [6, 6.07) is 7.57. The number of hydrogen-bond acceptors (Lipinski definition) is 5. The average Bonchev–Trinajstić information content (AvgIpc) is 2.87. The Hall–Kier alpha value is -2.70. The first-order valence-corrected chi connectivity index (χ1v) is 5.01. The highest BCUT2D eigenvalue weighted by atomic mass is 16.6. The van der Waals surface area contributed by atoms with Crippen molar-refractivity contribution in [2.45, 2.75) is 0 Å². The molecule has 7 heteroatoms. The second kappa shape index (κ2) is 4.66. The van der Waals surface area contributed by atoms with Crippen LogP contribution in [0.1, 0.15) is 10.5 Å². The first-order valence-electron chi connectivity index (χ1n) is 5.01. The Bertz CT molecular complexity index is 606. The van der Waals surface area contributed by atoms with Gasteiger partial charge in [-0.15, -0.1) is 0 Å². The van der Waals surface area contributed by atoms with Crippen molar-refractivity contribution in [2.75, 3.05) is 7.11 Å². The molecule has 1 aromatic carbocycles. The Morgan fingerprint density at radius 1 is 1.39 bits per heavy atom. The van der Waals surface area contributed by atoms with Crippen molar-refractivity contribution in [3.8, 4) is 5.69 Å². The Morgan fingerprint density at radius 2 is 2.11 bits per heavy atom. The summed E-state index contributed by atoms with van der Waals surface area (Å²) >= 11 is 0. The first-order chi connectivity index (χ1) is 8.63. The molecule has 18 heavy (non-hydrogen) atoms. The molecule has 0 aliphatic heterocycles. The third kappa shape index (κ3) is 2.05. The van der Waals surface area contributed by atoms with Crippen LogP contribution in [0.5, 0.6) is 0 Å². The summed E-state index contributed by atoms with van der Waals surface area (Å²) in [4.78, 5) is 21.6. The van der Waals surface area contributed by atoms with Gasteiger partial charge < -0.3 is 4.74 Å². The number of carbonyl (C=O) groups excluding carboxylic acids is 1. The van der Waals surface area contributed by atoms with Crippen molar-refractivity contribution in [3.63, 3.8) is 0 Å². The standard InChI is InChI=1S/C11H9N3O4/c1-18-11(15)8-6-7-13(12-8)9-4-2-3-5-10(9)14(16)17/h2-7H,1H3. The predicted molar refractivity (Wildman–Crippen MR) is 61.6 cm³/mol. The number of hydrogen-bond donors (Lipinski definition) is 0. The highest BCUT2D eigenvalue weighted by molar-refractivity contribution is 5.87. The highest BCUT2D eigenvalue weighted by Gasteiger charge is 2.16. The second-order valence-electron chi connectivity index (χ2n) is 3.38. The smallest absolute Gasteiger partial charge is 0.358 e. The van der Waals surface area contributed by atoms with E-state index in [1.165, 1.54) is 30.1 Å². The molecule has 1 heterocycles. The molecule has 0 aliphatic rings. The average molecular weight is 247 g/mol. The fourth-order valence-electron chi connectivity index (χ4n) is 1.48. The maximum Gasteiger partial charge on any atom is 0.358 e. The SMILES string of the molecule is COC(=O)c1ccn(-c2ccccc2[N+](=O)[O-])n1. The van der Waals surface area contributed by atoms with Gasteiger partial charge in [0, 0.05) is 12.3 Å². The molecule has 0 amide bonds. The molecule has 0 spiro atoms. The lowest BCUT2D eigenvalue weighted by Crippen LogP contribution is -2.05. The van der Waals surface area contributed by atoms with E-state index in [-0.39, 0.29) is 17.1 Å². The molecule has 0 atom stereocenters. The number of aromatic nitrogens is 2. The van der Waals surface area contributed by atoms with E-state index < -0.39 is 10.9 Å². The van der Waals surface area contributed by atoms with E-state index in [2.05, 4.69) is 9.84 Å². The molecular formula is C11H9N3O4. The van der Waals surface area contributed by atoms with Crippen LogP contribution in [0.2, 0.25) is 0 Å². The molecule has 1 aromatic heterocycles. The molecule has 0 bridgehead atoms. The third-order valence-corrected chi connectivity index (χ3v) is 2.31. The lowest BCUT2D eigenvalue weighted by atomic mass is 10.3. The molecule has 0 saturated heterocycles. The van der Waals surface area contributed by atoms with Gasteiger partial charge >= 0.3 is 5.97 Å². The molecule has 0 unspecified atom stereocenters. The normalized spacial score (nSPS) is 10.1. The molecule has 0 saturated carbocycles. The van der Waals surface area contributed by atoms with Crippen molar-refractivity contribution in [1.29, 1.82) is 0 Å². The van der Waals surface area contributed by atoms with Gasteiger partial charge in [0.2, 0.25) is 0 Å². The predicted octanol–water partition coefficient (Wildman–Crippen LogP) is 1.57. The number of ether oxygens (including phenoxy) is 1. The number of carbonyl (C=O) groups is 1. The minimum Gasteiger partial charge on any atom is -0.464 e. The van der Waals surface area contributed by atoms with Crippen molar-refractivity contribution >= 4 is 11.7 Å². The van der Waals surface area contributed by atoms with Gasteiger partial charge in [0.1, 0.15) is 5.69 Å². The number of esters is 1. The van der Waals surface area contributed by atoms with Crippen LogP contribution in [0, 0.1) is 10.1 Å². The van der Waals surface area contributed by atoms with E-state index >= 15 is 0 Å².